The Morgan fingerprint density at radius 1 is 0.789 bits per heavy atom. The Hall–Kier alpha value is -1.76. The zero-order valence-corrected chi connectivity index (χ0v) is 12.2. The fourth-order valence-corrected chi connectivity index (χ4v) is 1.95. The molecule has 0 aliphatic heterocycles. The van der Waals surface area contributed by atoms with Gasteiger partial charge in [-0.1, -0.05) is 52.0 Å². The van der Waals surface area contributed by atoms with Crippen LogP contribution in [0.25, 0.3) is 0 Å². The van der Waals surface area contributed by atoms with E-state index in [4.69, 9.17) is 4.74 Å². The first kappa shape index (κ1) is 13.7. The van der Waals surface area contributed by atoms with Crippen LogP contribution < -0.4 is 4.74 Å². The minimum Gasteiger partial charge on any atom is -0.457 e. The molecule has 0 aromatic heterocycles. The fraction of sp³-hybridized carbons (Fsp3) is 0.333. The van der Waals surface area contributed by atoms with Gasteiger partial charge in [0.15, 0.2) is 0 Å². The predicted octanol–water partition coefficient (Wildman–Crippen LogP) is 5.34. The molecule has 0 saturated carbocycles. The van der Waals surface area contributed by atoms with Crippen LogP contribution in [0, 0.1) is 0 Å². The number of hydrogen-bond acceptors (Lipinski definition) is 1. The van der Waals surface area contributed by atoms with Gasteiger partial charge in [0.1, 0.15) is 11.5 Å². The molecule has 2 aromatic carbocycles. The lowest BCUT2D eigenvalue weighted by molar-refractivity contribution is 0.481. The maximum absolute atomic E-state index is 5.85. The summed E-state index contributed by atoms with van der Waals surface area (Å²) in [7, 11) is 0. The van der Waals surface area contributed by atoms with Gasteiger partial charge in [-0.15, -0.1) is 0 Å². The molecule has 1 nitrogen and oxygen atoms in total. The maximum atomic E-state index is 5.85. The summed E-state index contributed by atoms with van der Waals surface area (Å²) in [6, 6.07) is 16.6. The summed E-state index contributed by atoms with van der Waals surface area (Å²) in [6.45, 7) is 8.80. The second kappa shape index (κ2) is 5.48. The summed E-state index contributed by atoms with van der Waals surface area (Å²) in [5, 5.41) is 0. The standard InChI is InChI=1S/C18H22O/c1-5-14-6-10-16(11-7-14)19-17-12-8-15(9-13-17)18(2,3)4/h6-13H,5H2,1-4H3. The molecule has 0 heterocycles. The van der Waals surface area contributed by atoms with Crippen LogP contribution in [-0.4, -0.2) is 0 Å². The molecule has 0 unspecified atom stereocenters. The lowest BCUT2D eigenvalue weighted by Gasteiger charge is -2.19. The quantitative estimate of drug-likeness (QED) is 0.718. The van der Waals surface area contributed by atoms with Gasteiger partial charge in [0.2, 0.25) is 0 Å². The van der Waals surface area contributed by atoms with Gasteiger partial charge in [0.05, 0.1) is 0 Å². The first-order valence-electron chi connectivity index (χ1n) is 6.86. The van der Waals surface area contributed by atoms with E-state index >= 15 is 0 Å². The molecule has 100 valence electrons. The van der Waals surface area contributed by atoms with Crippen molar-refractivity contribution >= 4 is 0 Å². The third-order valence-corrected chi connectivity index (χ3v) is 3.29. The highest BCUT2D eigenvalue weighted by Crippen LogP contribution is 2.27. The van der Waals surface area contributed by atoms with Crippen LogP contribution >= 0.6 is 0 Å². The number of hydrogen-bond donors (Lipinski definition) is 0. The molecule has 0 N–H and O–H groups in total. The smallest absolute Gasteiger partial charge is 0.127 e. The molecule has 0 aliphatic carbocycles. The molecular weight excluding hydrogens is 232 g/mol. The minimum atomic E-state index is 0.182. The molecule has 0 saturated heterocycles. The first-order chi connectivity index (χ1) is 8.99. The fourth-order valence-electron chi connectivity index (χ4n) is 1.95. The Labute approximate surface area is 116 Å². The summed E-state index contributed by atoms with van der Waals surface area (Å²) < 4.78 is 5.85. The van der Waals surface area contributed by atoms with Crippen molar-refractivity contribution in [1.29, 1.82) is 0 Å². The first-order valence-corrected chi connectivity index (χ1v) is 6.86. The van der Waals surface area contributed by atoms with E-state index in [9.17, 15) is 0 Å². The van der Waals surface area contributed by atoms with E-state index in [1.165, 1.54) is 11.1 Å². The van der Waals surface area contributed by atoms with E-state index in [2.05, 4.69) is 52.0 Å². The van der Waals surface area contributed by atoms with Crippen molar-refractivity contribution in [2.24, 2.45) is 0 Å². The van der Waals surface area contributed by atoms with Gasteiger partial charge in [-0.25, -0.2) is 0 Å². The van der Waals surface area contributed by atoms with Crippen molar-refractivity contribution in [3.05, 3.63) is 59.7 Å². The number of ether oxygens (including phenoxy) is 1. The van der Waals surface area contributed by atoms with Crippen molar-refractivity contribution in [2.75, 3.05) is 0 Å². The van der Waals surface area contributed by atoms with E-state index in [0.29, 0.717) is 0 Å². The van der Waals surface area contributed by atoms with Gasteiger partial charge >= 0.3 is 0 Å². The molecular formula is C18H22O. The van der Waals surface area contributed by atoms with E-state index < -0.39 is 0 Å². The highest BCUT2D eigenvalue weighted by Gasteiger charge is 2.12. The topological polar surface area (TPSA) is 9.23 Å². The van der Waals surface area contributed by atoms with Gasteiger partial charge in [-0.2, -0.15) is 0 Å². The largest absolute Gasteiger partial charge is 0.457 e. The van der Waals surface area contributed by atoms with Crippen molar-refractivity contribution in [3.63, 3.8) is 0 Å². The van der Waals surface area contributed by atoms with Crippen LogP contribution in [0.5, 0.6) is 11.5 Å². The predicted molar refractivity (Wildman–Crippen MR) is 81.0 cm³/mol. The molecule has 0 amide bonds. The van der Waals surface area contributed by atoms with Gasteiger partial charge in [-0.05, 0) is 47.2 Å². The van der Waals surface area contributed by atoms with Crippen LogP contribution in [0.15, 0.2) is 48.5 Å². The summed E-state index contributed by atoms with van der Waals surface area (Å²) in [6.07, 6.45) is 1.06. The maximum Gasteiger partial charge on any atom is 0.127 e. The molecule has 0 fully saturated rings. The second-order valence-electron chi connectivity index (χ2n) is 5.87. The van der Waals surface area contributed by atoms with Crippen LogP contribution in [-0.2, 0) is 11.8 Å². The van der Waals surface area contributed by atoms with Crippen LogP contribution in [0.4, 0.5) is 0 Å². The Kier molecular flexibility index (Phi) is 3.94. The monoisotopic (exact) mass is 254 g/mol. The number of rotatable bonds is 3. The Balaban J connectivity index is 2.10. The average molecular weight is 254 g/mol. The molecule has 0 spiro atoms. The third kappa shape index (κ3) is 3.60. The summed E-state index contributed by atoms with van der Waals surface area (Å²) in [5.74, 6) is 1.78. The third-order valence-electron chi connectivity index (χ3n) is 3.29. The average Bonchev–Trinajstić information content (AvgIpc) is 2.39. The lowest BCUT2D eigenvalue weighted by Crippen LogP contribution is -2.10. The molecule has 0 atom stereocenters. The number of aryl methyl sites for hydroxylation is 1. The van der Waals surface area contributed by atoms with Crippen molar-refractivity contribution in [3.8, 4) is 11.5 Å². The molecule has 2 rings (SSSR count). The van der Waals surface area contributed by atoms with E-state index in [1.54, 1.807) is 0 Å². The van der Waals surface area contributed by atoms with Gasteiger partial charge < -0.3 is 4.74 Å². The van der Waals surface area contributed by atoms with Crippen molar-refractivity contribution in [2.45, 2.75) is 39.5 Å². The zero-order chi connectivity index (χ0) is 13.9. The Bertz CT molecular complexity index is 515. The highest BCUT2D eigenvalue weighted by atomic mass is 16.5. The lowest BCUT2D eigenvalue weighted by atomic mass is 9.87. The van der Waals surface area contributed by atoms with E-state index in [-0.39, 0.29) is 5.41 Å². The van der Waals surface area contributed by atoms with Gasteiger partial charge in [0, 0.05) is 0 Å². The summed E-state index contributed by atoms with van der Waals surface area (Å²) in [4.78, 5) is 0. The minimum absolute atomic E-state index is 0.182. The van der Waals surface area contributed by atoms with Crippen molar-refractivity contribution < 1.29 is 4.74 Å². The van der Waals surface area contributed by atoms with Crippen molar-refractivity contribution in [1.82, 2.24) is 0 Å². The van der Waals surface area contributed by atoms with E-state index in [1.807, 2.05) is 24.3 Å². The number of benzene rings is 2. The normalized spacial score (nSPS) is 11.4. The highest BCUT2D eigenvalue weighted by molar-refractivity contribution is 5.36. The van der Waals surface area contributed by atoms with E-state index in [0.717, 1.165) is 17.9 Å². The van der Waals surface area contributed by atoms with Gasteiger partial charge in [-0.3, -0.25) is 0 Å². The Morgan fingerprint density at radius 3 is 1.68 bits per heavy atom. The summed E-state index contributed by atoms with van der Waals surface area (Å²) >= 11 is 0. The molecule has 19 heavy (non-hydrogen) atoms. The van der Waals surface area contributed by atoms with Crippen LogP contribution in [0.2, 0.25) is 0 Å². The van der Waals surface area contributed by atoms with Gasteiger partial charge in [0.25, 0.3) is 0 Å². The second-order valence-corrected chi connectivity index (χ2v) is 5.87. The van der Waals surface area contributed by atoms with Crippen LogP contribution in [0.3, 0.4) is 0 Å². The molecule has 0 radical (unpaired) electrons. The SMILES string of the molecule is CCc1ccc(Oc2ccc(C(C)(C)C)cc2)cc1. The molecule has 0 aliphatic rings. The Morgan fingerprint density at radius 2 is 1.26 bits per heavy atom. The molecule has 0 bridgehead atoms. The molecule has 2 aromatic rings. The zero-order valence-electron chi connectivity index (χ0n) is 12.2. The van der Waals surface area contributed by atoms with Crippen LogP contribution in [0.1, 0.15) is 38.8 Å². The molecule has 1 heteroatoms. The summed E-state index contributed by atoms with van der Waals surface area (Å²) in [5.41, 5.74) is 2.83.